The summed E-state index contributed by atoms with van der Waals surface area (Å²) in [6.45, 7) is 6.11. The van der Waals surface area contributed by atoms with Gasteiger partial charge in [-0.1, -0.05) is 32.9 Å². The fourth-order valence-corrected chi connectivity index (χ4v) is 4.98. The fourth-order valence-electron chi connectivity index (χ4n) is 4.98. The predicted octanol–water partition coefficient (Wildman–Crippen LogP) is 3.55. The number of hydrogen-bond acceptors (Lipinski definition) is 5. The van der Waals surface area contributed by atoms with E-state index in [0.29, 0.717) is 24.2 Å². The van der Waals surface area contributed by atoms with Crippen LogP contribution in [0.15, 0.2) is 12.2 Å². The molecule has 1 fully saturated rings. The van der Waals surface area contributed by atoms with Gasteiger partial charge in [-0.25, -0.2) is 0 Å². The van der Waals surface area contributed by atoms with Gasteiger partial charge in [-0.2, -0.15) is 0 Å². The van der Waals surface area contributed by atoms with Crippen molar-refractivity contribution in [2.24, 2.45) is 29.6 Å². The van der Waals surface area contributed by atoms with Gasteiger partial charge in [-0.05, 0) is 62.7 Å². The van der Waals surface area contributed by atoms with Crippen LogP contribution in [-0.2, 0) is 14.3 Å². The number of fused-ring (bicyclic) bond motifs is 1. The van der Waals surface area contributed by atoms with Crippen molar-refractivity contribution in [1.82, 2.24) is 0 Å². The number of ether oxygens (including phenoxy) is 1. The smallest absolute Gasteiger partial charge is 0.308 e. The zero-order chi connectivity index (χ0) is 21.6. The number of aliphatic carboxylic acids is 1. The Bertz CT molecular complexity index is 574. The van der Waals surface area contributed by atoms with Crippen molar-refractivity contribution in [2.75, 3.05) is 0 Å². The molecule has 6 heteroatoms. The lowest BCUT2D eigenvalue weighted by Crippen LogP contribution is -2.44. The monoisotopic (exact) mass is 410 g/mol. The Morgan fingerprint density at radius 2 is 1.93 bits per heavy atom. The molecule has 2 aliphatic rings. The number of carbonyl (C=O) groups is 2. The number of aliphatic hydroxyl groups is 2. The van der Waals surface area contributed by atoms with Gasteiger partial charge in [0.2, 0.25) is 0 Å². The van der Waals surface area contributed by atoms with Crippen LogP contribution in [0.4, 0.5) is 0 Å². The molecule has 0 aromatic heterocycles. The Kier molecular flexibility index (Phi) is 9.15. The normalized spacial score (nSPS) is 32.1. The molecule has 1 saturated carbocycles. The second kappa shape index (κ2) is 11.1. The van der Waals surface area contributed by atoms with Crippen LogP contribution in [0.3, 0.4) is 0 Å². The van der Waals surface area contributed by atoms with Gasteiger partial charge in [0, 0.05) is 5.92 Å². The highest BCUT2D eigenvalue weighted by molar-refractivity contribution is 5.72. The Hall–Kier alpha value is -1.40. The van der Waals surface area contributed by atoms with E-state index in [4.69, 9.17) is 9.84 Å². The number of rotatable bonds is 10. The summed E-state index contributed by atoms with van der Waals surface area (Å²) in [5.41, 5.74) is 0. The van der Waals surface area contributed by atoms with Gasteiger partial charge in [-0.3, -0.25) is 9.59 Å². The molecule has 0 unspecified atom stereocenters. The van der Waals surface area contributed by atoms with Gasteiger partial charge < -0.3 is 20.1 Å². The molecule has 6 nitrogen and oxygen atoms in total. The molecule has 0 bridgehead atoms. The molecular formula is C23H38O6. The maximum atomic E-state index is 12.4. The first-order chi connectivity index (χ1) is 13.7. The highest BCUT2D eigenvalue weighted by atomic mass is 16.5. The van der Waals surface area contributed by atoms with E-state index in [1.807, 2.05) is 13.8 Å². The number of carboxylic acid groups (broad SMARTS) is 1. The van der Waals surface area contributed by atoms with Crippen LogP contribution in [0.25, 0.3) is 0 Å². The van der Waals surface area contributed by atoms with Gasteiger partial charge in [0.25, 0.3) is 0 Å². The summed E-state index contributed by atoms with van der Waals surface area (Å²) in [5, 5.41) is 28.8. The first kappa shape index (κ1) is 23.9. The van der Waals surface area contributed by atoms with Gasteiger partial charge in [0.15, 0.2) is 0 Å². The van der Waals surface area contributed by atoms with E-state index in [-0.39, 0.29) is 36.8 Å². The minimum absolute atomic E-state index is 0.0758. The summed E-state index contributed by atoms with van der Waals surface area (Å²) in [7, 11) is 0. The summed E-state index contributed by atoms with van der Waals surface area (Å²) in [6, 6.07) is 0. The maximum Gasteiger partial charge on any atom is 0.308 e. The minimum Gasteiger partial charge on any atom is -0.481 e. The lowest BCUT2D eigenvalue weighted by atomic mass is 9.63. The lowest BCUT2D eigenvalue weighted by Gasteiger charge is -2.45. The molecule has 3 N–H and O–H groups in total. The molecule has 0 aromatic rings. The Morgan fingerprint density at radius 1 is 1.21 bits per heavy atom. The van der Waals surface area contributed by atoms with E-state index in [1.165, 1.54) is 0 Å². The molecule has 8 atom stereocenters. The van der Waals surface area contributed by atoms with E-state index in [0.717, 1.165) is 32.1 Å². The molecule has 166 valence electrons. The van der Waals surface area contributed by atoms with Crippen LogP contribution in [0.5, 0.6) is 0 Å². The largest absolute Gasteiger partial charge is 0.481 e. The van der Waals surface area contributed by atoms with Gasteiger partial charge in [0.05, 0.1) is 24.5 Å². The quantitative estimate of drug-likeness (QED) is 0.376. The number of aliphatic hydroxyl groups excluding tert-OH is 2. The van der Waals surface area contributed by atoms with Crippen molar-refractivity contribution in [1.29, 1.82) is 0 Å². The number of carbonyl (C=O) groups excluding carboxylic acids is 1. The Labute approximate surface area is 174 Å². The number of hydrogen-bond donors (Lipinski definition) is 3. The fraction of sp³-hybridized carbons (Fsp3) is 0.826. The topological polar surface area (TPSA) is 104 Å². The van der Waals surface area contributed by atoms with Crippen molar-refractivity contribution in [3.05, 3.63) is 12.2 Å². The first-order valence-electron chi connectivity index (χ1n) is 11.2. The molecule has 0 aliphatic heterocycles. The van der Waals surface area contributed by atoms with Crippen LogP contribution in [0, 0.1) is 29.6 Å². The van der Waals surface area contributed by atoms with E-state index in [2.05, 4.69) is 19.1 Å². The highest BCUT2D eigenvalue weighted by Gasteiger charge is 2.43. The third-order valence-corrected chi connectivity index (χ3v) is 6.71. The van der Waals surface area contributed by atoms with Crippen LogP contribution in [-0.4, -0.2) is 45.6 Å². The summed E-state index contributed by atoms with van der Waals surface area (Å²) < 4.78 is 5.99. The summed E-state index contributed by atoms with van der Waals surface area (Å²) in [4.78, 5) is 23.1. The van der Waals surface area contributed by atoms with Crippen LogP contribution in [0.1, 0.15) is 72.1 Å². The average Bonchev–Trinajstić information content (AvgIpc) is 2.64. The number of carboxylic acids is 1. The second-order valence-electron chi connectivity index (χ2n) is 9.24. The zero-order valence-corrected chi connectivity index (χ0v) is 18.0. The van der Waals surface area contributed by atoms with Crippen molar-refractivity contribution in [3.63, 3.8) is 0 Å². The van der Waals surface area contributed by atoms with Gasteiger partial charge in [-0.15, -0.1) is 0 Å². The average molecular weight is 411 g/mol. The molecule has 29 heavy (non-hydrogen) atoms. The highest BCUT2D eigenvalue weighted by Crippen LogP contribution is 2.46. The van der Waals surface area contributed by atoms with E-state index >= 15 is 0 Å². The van der Waals surface area contributed by atoms with Gasteiger partial charge in [0.1, 0.15) is 6.10 Å². The number of esters is 1. The van der Waals surface area contributed by atoms with Gasteiger partial charge >= 0.3 is 11.9 Å². The van der Waals surface area contributed by atoms with Crippen molar-refractivity contribution in [2.45, 2.75) is 90.4 Å². The van der Waals surface area contributed by atoms with Crippen molar-refractivity contribution < 1.29 is 29.6 Å². The standard InChI is InChI=1S/C23H38O6/c1-4-15(3)23(28)29-20-11-14(2)10-17-7-5-6-16(22(17)20)8-9-18(24)12-19(25)13-21(26)27/h5,7,14-20,22,24-25H,4,6,8-13H2,1-3H3,(H,26,27)/t14-,15-,16+,17-,18+,19+,20-,22+/m0/s1. The van der Waals surface area contributed by atoms with Crippen molar-refractivity contribution in [3.8, 4) is 0 Å². The van der Waals surface area contributed by atoms with Crippen molar-refractivity contribution >= 4 is 11.9 Å². The molecule has 0 saturated heterocycles. The molecule has 0 aromatic carbocycles. The first-order valence-corrected chi connectivity index (χ1v) is 11.2. The molecule has 0 radical (unpaired) electrons. The third-order valence-electron chi connectivity index (χ3n) is 6.71. The van der Waals surface area contributed by atoms with Crippen LogP contribution < -0.4 is 0 Å². The molecule has 0 heterocycles. The van der Waals surface area contributed by atoms with E-state index in [9.17, 15) is 19.8 Å². The lowest BCUT2D eigenvalue weighted by molar-refractivity contribution is -0.163. The molecule has 0 spiro atoms. The zero-order valence-electron chi connectivity index (χ0n) is 18.0. The van der Waals surface area contributed by atoms with Crippen LogP contribution >= 0.6 is 0 Å². The molecule has 2 aliphatic carbocycles. The molecule has 0 amide bonds. The Balaban J connectivity index is 1.99. The summed E-state index contributed by atoms with van der Waals surface area (Å²) >= 11 is 0. The van der Waals surface area contributed by atoms with Crippen LogP contribution in [0.2, 0.25) is 0 Å². The summed E-state index contributed by atoms with van der Waals surface area (Å²) in [5.74, 6) is 0.204. The molecular weight excluding hydrogens is 372 g/mol. The van der Waals surface area contributed by atoms with E-state index in [1.54, 1.807) is 0 Å². The van der Waals surface area contributed by atoms with E-state index < -0.39 is 18.2 Å². The minimum atomic E-state index is -1.06. The predicted molar refractivity (Wildman–Crippen MR) is 110 cm³/mol. The summed E-state index contributed by atoms with van der Waals surface area (Å²) in [6.07, 6.45) is 7.30. The molecule has 2 rings (SSSR count). The number of allylic oxidation sites excluding steroid dienone is 2. The second-order valence-corrected chi connectivity index (χ2v) is 9.24. The maximum absolute atomic E-state index is 12.4. The third kappa shape index (κ3) is 7.10. The Morgan fingerprint density at radius 3 is 2.59 bits per heavy atom. The SMILES string of the molecule is CC[C@H](C)C(=O)O[C@H]1C[C@@H](C)C[C@@H]2C=CC[C@H](CC[C@@H](O)C[C@@H](O)CC(=O)O)[C@@H]12.